The van der Waals surface area contributed by atoms with Gasteiger partial charge in [-0.15, -0.1) is 0 Å². The predicted molar refractivity (Wildman–Crippen MR) is 91.8 cm³/mol. The molecule has 0 aliphatic heterocycles. The van der Waals surface area contributed by atoms with E-state index < -0.39 is 4.92 Å². The summed E-state index contributed by atoms with van der Waals surface area (Å²) in [4.78, 5) is 26.3. The number of nitrogens with one attached hydrogen (secondary N) is 1. The van der Waals surface area contributed by atoms with Crippen molar-refractivity contribution in [3.05, 3.63) is 75.8 Å². The van der Waals surface area contributed by atoms with Gasteiger partial charge >= 0.3 is 0 Å². The monoisotopic (exact) mass is 357 g/mol. The lowest BCUT2D eigenvalue weighted by Crippen LogP contribution is -2.16. The van der Waals surface area contributed by atoms with Crippen LogP contribution in [0.1, 0.15) is 5.56 Å². The first-order chi connectivity index (χ1) is 12.0. The van der Waals surface area contributed by atoms with Crippen LogP contribution in [0.25, 0.3) is 5.69 Å². The second kappa shape index (κ2) is 7.10. The summed E-state index contributed by atoms with van der Waals surface area (Å²) in [6.07, 6.45) is 2.92. The van der Waals surface area contributed by atoms with E-state index in [4.69, 9.17) is 11.6 Å². The van der Waals surface area contributed by atoms with Gasteiger partial charge in [0.25, 0.3) is 5.69 Å². The number of carbonyl (C=O) groups is 1. The molecule has 0 bridgehead atoms. The van der Waals surface area contributed by atoms with Gasteiger partial charge in [0.15, 0.2) is 0 Å². The Bertz CT molecular complexity index is 910. The molecule has 0 aliphatic carbocycles. The van der Waals surface area contributed by atoms with Crippen LogP contribution in [0.15, 0.2) is 55.1 Å². The molecule has 0 aliphatic rings. The number of non-ortho nitro benzene ring substituents is 1. The molecule has 3 rings (SSSR count). The maximum Gasteiger partial charge on any atom is 0.269 e. The summed E-state index contributed by atoms with van der Waals surface area (Å²) in [7, 11) is 0. The Morgan fingerprint density at radius 1 is 1.24 bits per heavy atom. The van der Waals surface area contributed by atoms with Gasteiger partial charge in [-0.2, -0.15) is 5.10 Å². The quantitative estimate of drug-likeness (QED) is 0.558. The predicted octanol–water partition coefficient (Wildman–Crippen LogP) is 3.01. The van der Waals surface area contributed by atoms with Crippen molar-refractivity contribution in [3.8, 4) is 5.69 Å². The van der Waals surface area contributed by atoms with Crippen LogP contribution in [-0.2, 0) is 11.2 Å². The minimum absolute atomic E-state index is 0.0209. The van der Waals surface area contributed by atoms with Crippen molar-refractivity contribution >= 4 is 28.9 Å². The Hall–Kier alpha value is -3.26. The van der Waals surface area contributed by atoms with Gasteiger partial charge in [-0.1, -0.05) is 29.8 Å². The second-order valence-electron chi connectivity index (χ2n) is 5.12. The van der Waals surface area contributed by atoms with Gasteiger partial charge in [-0.25, -0.2) is 9.67 Å². The van der Waals surface area contributed by atoms with Gasteiger partial charge in [-0.05, 0) is 17.7 Å². The number of amides is 1. The van der Waals surface area contributed by atoms with E-state index >= 15 is 0 Å². The third-order valence-corrected chi connectivity index (χ3v) is 3.73. The molecule has 1 N–H and O–H groups in total. The number of carbonyl (C=O) groups excluding carboxylic acids is 1. The Kier molecular flexibility index (Phi) is 4.71. The normalized spacial score (nSPS) is 10.4. The molecule has 3 aromatic rings. The highest BCUT2D eigenvalue weighted by Gasteiger charge is 2.13. The fraction of sp³-hybridized carbons (Fsp3) is 0.0625. The van der Waals surface area contributed by atoms with Crippen molar-refractivity contribution in [2.45, 2.75) is 6.42 Å². The van der Waals surface area contributed by atoms with Crippen LogP contribution in [0.3, 0.4) is 0 Å². The van der Waals surface area contributed by atoms with Gasteiger partial charge in [0.05, 0.1) is 22.1 Å². The van der Waals surface area contributed by atoms with Crippen molar-refractivity contribution in [2.24, 2.45) is 0 Å². The summed E-state index contributed by atoms with van der Waals surface area (Å²) >= 11 is 6.21. The van der Waals surface area contributed by atoms with Crippen molar-refractivity contribution in [3.63, 3.8) is 0 Å². The van der Waals surface area contributed by atoms with Crippen molar-refractivity contribution in [1.82, 2.24) is 14.8 Å². The number of aromatic nitrogens is 3. The molecule has 0 unspecified atom stereocenters. The number of nitrogens with zero attached hydrogens (tertiary/aromatic N) is 4. The molecule has 1 heterocycles. The molecule has 0 atom stereocenters. The van der Waals surface area contributed by atoms with Crippen molar-refractivity contribution in [2.75, 3.05) is 5.32 Å². The molecule has 25 heavy (non-hydrogen) atoms. The van der Waals surface area contributed by atoms with E-state index in [1.165, 1.54) is 29.5 Å². The summed E-state index contributed by atoms with van der Waals surface area (Å²) < 4.78 is 1.46. The molecule has 8 nitrogen and oxygen atoms in total. The standard InChI is InChI=1S/C16H12ClN5O3/c17-13-2-1-3-14(16(13)21-10-18-9-19-21)20-15(23)8-11-4-6-12(7-5-11)22(24)25/h1-7,9-10H,8H2,(H,20,23). The minimum Gasteiger partial charge on any atom is -0.324 e. The average Bonchev–Trinajstić information content (AvgIpc) is 3.09. The summed E-state index contributed by atoms with van der Waals surface area (Å²) in [6.45, 7) is 0. The second-order valence-corrected chi connectivity index (χ2v) is 5.53. The Morgan fingerprint density at radius 3 is 2.64 bits per heavy atom. The van der Waals surface area contributed by atoms with Crippen LogP contribution in [0, 0.1) is 10.1 Å². The van der Waals surface area contributed by atoms with Crippen LogP contribution < -0.4 is 5.32 Å². The number of benzene rings is 2. The summed E-state index contributed by atoms with van der Waals surface area (Å²) in [5.41, 5.74) is 1.64. The van der Waals surface area contributed by atoms with E-state index in [9.17, 15) is 14.9 Å². The SMILES string of the molecule is O=C(Cc1ccc([N+](=O)[O-])cc1)Nc1cccc(Cl)c1-n1cncn1. The third-order valence-electron chi connectivity index (χ3n) is 3.42. The van der Waals surface area contributed by atoms with Crippen LogP contribution in [0.5, 0.6) is 0 Å². The smallest absolute Gasteiger partial charge is 0.269 e. The van der Waals surface area contributed by atoms with Gasteiger partial charge < -0.3 is 5.32 Å². The van der Waals surface area contributed by atoms with Crippen LogP contribution in [0.2, 0.25) is 5.02 Å². The summed E-state index contributed by atoms with van der Waals surface area (Å²) in [5.74, 6) is -0.280. The fourth-order valence-corrected chi connectivity index (χ4v) is 2.55. The van der Waals surface area contributed by atoms with E-state index in [1.807, 2.05) is 0 Å². The zero-order valence-electron chi connectivity index (χ0n) is 12.8. The molecule has 1 amide bonds. The number of nitro benzene ring substituents is 1. The largest absolute Gasteiger partial charge is 0.324 e. The maximum absolute atomic E-state index is 12.3. The molecule has 9 heteroatoms. The number of halogens is 1. The number of rotatable bonds is 5. The first-order valence-electron chi connectivity index (χ1n) is 7.21. The highest BCUT2D eigenvalue weighted by Crippen LogP contribution is 2.27. The number of nitro groups is 1. The molecular formula is C16H12ClN5O3. The lowest BCUT2D eigenvalue weighted by atomic mass is 10.1. The molecule has 0 fully saturated rings. The van der Waals surface area contributed by atoms with E-state index in [2.05, 4.69) is 15.4 Å². The third kappa shape index (κ3) is 3.81. The van der Waals surface area contributed by atoms with E-state index in [1.54, 1.807) is 30.3 Å². The molecule has 0 saturated carbocycles. The molecule has 0 radical (unpaired) electrons. The van der Waals surface area contributed by atoms with Crippen molar-refractivity contribution < 1.29 is 9.72 Å². The maximum atomic E-state index is 12.3. The molecule has 0 spiro atoms. The molecule has 0 saturated heterocycles. The fourth-order valence-electron chi connectivity index (χ4n) is 2.29. The highest BCUT2D eigenvalue weighted by molar-refractivity contribution is 6.33. The molecular weight excluding hydrogens is 346 g/mol. The topological polar surface area (TPSA) is 103 Å². The molecule has 1 aromatic heterocycles. The Balaban J connectivity index is 1.77. The number of hydrogen-bond donors (Lipinski definition) is 1. The summed E-state index contributed by atoms with van der Waals surface area (Å²) in [5, 5.41) is 17.9. The molecule has 2 aromatic carbocycles. The summed E-state index contributed by atoms with van der Waals surface area (Å²) in [6, 6.07) is 10.9. The average molecular weight is 358 g/mol. The van der Waals surface area contributed by atoms with Crippen molar-refractivity contribution in [1.29, 1.82) is 0 Å². The van der Waals surface area contributed by atoms with E-state index in [0.29, 0.717) is 22.0 Å². The Labute approximate surface area is 147 Å². The van der Waals surface area contributed by atoms with Gasteiger partial charge in [0.1, 0.15) is 18.3 Å². The van der Waals surface area contributed by atoms with Gasteiger partial charge in [-0.3, -0.25) is 14.9 Å². The van der Waals surface area contributed by atoms with Crippen LogP contribution in [0.4, 0.5) is 11.4 Å². The zero-order valence-corrected chi connectivity index (χ0v) is 13.6. The molecule has 126 valence electrons. The first-order valence-corrected chi connectivity index (χ1v) is 7.59. The highest BCUT2D eigenvalue weighted by atomic mass is 35.5. The zero-order chi connectivity index (χ0) is 17.8. The van der Waals surface area contributed by atoms with Gasteiger partial charge in [0.2, 0.25) is 5.91 Å². The first kappa shape index (κ1) is 16.6. The van der Waals surface area contributed by atoms with E-state index in [0.717, 1.165) is 0 Å². The minimum atomic E-state index is -0.486. The Morgan fingerprint density at radius 2 is 2.00 bits per heavy atom. The number of anilines is 1. The lowest BCUT2D eigenvalue weighted by molar-refractivity contribution is -0.384. The van der Waals surface area contributed by atoms with E-state index in [-0.39, 0.29) is 18.0 Å². The van der Waals surface area contributed by atoms with Crippen LogP contribution in [-0.4, -0.2) is 25.6 Å². The van der Waals surface area contributed by atoms with Crippen LogP contribution >= 0.6 is 11.6 Å². The van der Waals surface area contributed by atoms with Gasteiger partial charge in [0, 0.05) is 12.1 Å². The number of para-hydroxylation sites is 1. The number of hydrogen-bond acceptors (Lipinski definition) is 5. The lowest BCUT2D eigenvalue weighted by Gasteiger charge is -2.12.